The number of methoxy groups -OCH3 is 1. The average Bonchev–Trinajstić information content (AvgIpc) is 2.89. The summed E-state index contributed by atoms with van der Waals surface area (Å²) in [6, 6.07) is 7.36. The largest absolute Gasteiger partial charge is 0.496 e. The quantitative estimate of drug-likeness (QED) is 0.329. The Labute approximate surface area is 116 Å². The van der Waals surface area contributed by atoms with Gasteiger partial charge in [-0.25, -0.2) is 0 Å². The normalized spacial score (nSPS) is 11.4. The van der Waals surface area contributed by atoms with Crippen LogP contribution in [0.3, 0.4) is 0 Å². The summed E-state index contributed by atoms with van der Waals surface area (Å²) in [5.41, 5.74) is 7.13. The maximum atomic E-state index is 8.72. The fourth-order valence-electron chi connectivity index (χ4n) is 1.81. The SMILES string of the molecule is COc1cc(CNc2ccn(C)n2)ccc1/C(N)=N/O. The second-order valence-corrected chi connectivity index (χ2v) is 4.25. The van der Waals surface area contributed by atoms with Gasteiger partial charge in [0.2, 0.25) is 0 Å². The second-order valence-electron chi connectivity index (χ2n) is 4.25. The topological polar surface area (TPSA) is 97.7 Å². The maximum Gasteiger partial charge on any atom is 0.173 e. The number of aromatic nitrogens is 2. The van der Waals surface area contributed by atoms with Crippen LogP contribution in [-0.4, -0.2) is 27.9 Å². The molecule has 0 saturated heterocycles. The van der Waals surface area contributed by atoms with Crippen molar-refractivity contribution in [2.45, 2.75) is 6.54 Å². The van der Waals surface area contributed by atoms with Crippen molar-refractivity contribution in [1.82, 2.24) is 9.78 Å². The molecule has 0 unspecified atom stereocenters. The molecule has 1 heterocycles. The number of rotatable bonds is 5. The number of nitrogens with two attached hydrogens (primary N) is 1. The number of hydrogen-bond donors (Lipinski definition) is 3. The summed E-state index contributed by atoms with van der Waals surface area (Å²) in [6.45, 7) is 0.601. The van der Waals surface area contributed by atoms with E-state index in [-0.39, 0.29) is 5.84 Å². The molecule has 20 heavy (non-hydrogen) atoms. The van der Waals surface area contributed by atoms with Crippen molar-refractivity contribution in [2.24, 2.45) is 17.9 Å². The highest BCUT2D eigenvalue weighted by Crippen LogP contribution is 2.20. The lowest BCUT2D eigenvalue weighted by molar-refractivity contribution is 0.318. The van der Waals surface area contributed by atoms with Gasteiger partial charge in [-0.1, -0.05) is 11.2 Å². The van der Waals surface area contributed by atoms with Crippen LogP contribution >= 0.6 is 0 Å². The third-order valence-electron chi connectivity index (χ3n) is 2.84. The summed E-state index contributed by atoms with van der Waals surface area (Å²) in [5, 5.41) is 19.1. The molecule has 0 amide bonds. The zero-order valence-electron chi connectivity index (χ0n) is 11.4. The summed E-state index contributed by atoms with van der Waals surface area (Å²) in [7, 11) is 3.40. The number of hydrogen-bond acceptors (Lipinski definition) is 5. The number of ether oxygens (including phenoxy) is 1. The highest BCUT2D eigenvalue weighted by atomic mass is 16.5. The third kappa shape index (κ3) is 3.00. The number of nitrogens with one attached hydrogen (secondary N) is 1. The van der Waals surface area contributed by atoms with E-state index in [9.17, 15) is 0 Å². The van der Waals surface area contributed by atoms with Gasteiger partial charge >= 0.3 is 0 Å². The molecule has 2 rings (SSSR count). The van der Waals surface area contributed by atoms with E-state index >= 15 is 0 Å². The highest BCUT2D eigenvalue weighted by molar-refractivity contribution is 5.99. The van der Waals surface area contributed by atoms with E-state index in [0.717, 1.165) is 11.4 Å². The Balaban J connectivity index is 2.13. The molecule has 7 heteroatoms. The lowest BCUT2D eigenvalue weighted by Crippen LogP contribution is -2.14. The third-order valence-corrected chi connectivity index (χ3v) is 2.84. The van der Waals surface area contributed by atoms with Crippen molar-refractivity contribution in [3.8, 4) is 5.75 Å². The number of anilines is 1. The fourth-order valence-corrected chi connectivity index (χ4v) is 1.81. The van der Waals surface area contributed by atoms with Crippen molar-refractivity contribution < 1.29 is 9.94 Å². The predicted octanol–water partition coefficient (Wildman–Crippen LogP) is 1.14. The highest BCUT2D eigenvalue weighted by Gasteiger charge is 2.08. The zero-order chi connectivity index (χ0) is 14.5. The van der Waals surface area contributed by atoms with Crippen molar-refractivity contribution in [3.63, 3.8) is 0 Å². The van der Waals surface area contributed by atoms with Crippen LogP contribution < -0.4 is 15.8 Å². The minimum Gasteiger partial charge on any atom is -0.496 e. The summed E-state index contributed by atoms with van der Waals surface area (Å²) in [6.07, 6.45) is 1.87. The number of amidine groups is 1. The molecule has 0 radical (unpaired) electrons. The molecule has 0 bridgehead atoms. The zero-order valence-corrected chi connectivity index (χ0v) is 11.4. The van der Waals surface area contributed by atoms with E-state index in [1.54, 1.807) is 17.9 Å². The van der Waals surface area contributed by atoms with Gasteiger partial charge < -0.3 is 21.0 Å². The molecule has 0 aliphatic rings. The Morgan fingerprint density at radius 1 is 1.50 bits per heavy atom. The summed E-state index contributed by atoms with van der Waals surface area (Å²) >= 11 is 0. The molecule has 0 saturated carbocycles. The van der Waals surface area contributed by atoms with E-state index in [1.165, 1.54) is 0 Å². The second kappa shape index (κ2) is 5.96. The molecule has 1 aromatic carbocycles. The van der Waals surface area contributed by atoms with Crippen LogP contribution in [0.1, 0.15) is 11.1 Å². The van der Waals surface area contributed by atoms with Gasteiger partial charge in [-0.3, -0.25) is 4.68 Å². The molecule has 0 spiro atoms. The van der Waals surface area contributed by atoms with Crippen LogP contribution in [0.4, 0.5) is 5.82 Å². The molecular formula is C13H17N5O2. The lowest BCUT2D eigenvalue weighted by Gasteiger charge is -2.10. The van der Waals surface area contributed by atoms with E-state index in [1.807, 2.05) is 31.4 Å². The average molecular weight is 275 g/mol. The van der Waals surface area contributed by atoms with Gasteiger partial charge in [-0.05, 0) is 17.7 Å². The Hall–Kier alpha value is -2.70. The molecule has 0 atom stereocenters. The van der Waals surface area contributed by atoms with E-state index in [4.69, 9.17) is 15.7 Å². The number of oxime groups is 1. The molecule has 2 aromatic rings. The Bertz CT molecular complexity index is 621. The molecule has 0 fully saturated rings. The van der Waals surface area contributed by atoms with Crippen molar-refractivity contribution in [2.75, 3.05) is 12.4 Å². The molecule has 106 valence electrons. The summed E-state index contributed by atoms with van der Waals surface area (Å²) in [5.74, 6) is 1.37. The first-order chi connectivity index (χ1) is 9.63. The monoisotopic (exact) mass is 275 g/mol. The Morgan fingerprint density at radius 2 is 2.30 bits per heavy atom. The van der Waals surface area contributed by atoms with Gasteiger partial charge in [0.25, 0.3) is 0 Å². The number of aryl methyl sites for hydroxylation is 1. The van der Waals surface area contributed by atoms with Crippen LogP contribution in [0.5, 0.6) is 5.75 Å². The Kier molecular flexibility index (Phi) is 4.09. The number of nitrogens with zero attached hydrogens (tertiary/aromatic N) is 3. The maximum absolute atomic E-state index is 8.72. The Morgan fingerprint density at radius 3 is 2.90 bits per heavy atom. The fraction of sp³-hybridized carbons (Fsp3) is 0.231. The standard InChI is InChI=1S/C13H17N5O2/c1-18-6-5-12(16-18)15-8-9-3-4-10(13(14)17-19)11(7-9)20-2/h3-7,19H,8H2,1-2H3,(H2,14,17)(H,15,16). The van der Waals surface area contributed by atoms with Crippen molar-refractivity contribution in [1.29, 1.82) is 0 Å². The molecule has 0 aliphatic heterocycles. The lowest BCUT2D eigenvalue weighted by atomic mass is 10.1. The smallest absolute Gasteiger partial charge is 0.173 e. The predicted molar refractivity (Wildman–Crippen MR) is 76.0 cm³/mol. The van der Waals surface area contributed by atoms with Crippen LogP contribution in [-0.2, 0) is 13.6 Å². The molecule has 1 aromatic heterocycles. The minimum absolute atomic E-state index is 0.0195. The van der Waals surface area contributed by atoms with Crippen molar-refractivity contribution >= 4 is 11.7 Å². The van der Waals surface area contributed by atoms with Crippen LogP contribution in [0.15, 0.2) is 35.6 Å². The van der Waals surface area contributed by atoms with Gasteiger partial charge in [-0.15, -0.1) is 0 Å². The molecular weight excluding hydrogens is 258 g/mol. The first-order valence-corrected chi connectivity index (χ1v) is 6.02. The van der Waals surface area contributed by atoms with Gasteiger partial charge in [0.1, 0.15) is 11.6 Å². The molecule has 4 N–H and O–H groups in total. The van der Waals surface area contributed by atoms with Crippen LogP contribution in [0, 0.1) is 0 Å². The molecule has 0 aliphatic carbocycles. The first kappa shape index (κ1) is 13.7. The summed E-state index contributed by atoms with van der Waals surface area (Å²) in [4.78, 5) is 0. The van der Waals surface area contributed by atoms with Gasteiger partial charge in [0.15, 0.2) is 5.84 Å². The van der Waals surface area contributed by atoms with E-state index in [0.29, 0.717) is 17.9 Å². The van der Waals surface area contributed by atoms with Gasteiger partial charge in [-0.2, -0.15) is 5.10 Å². The van der Waals surface area contributed by atoms with Gasteiger partial charge in [0.05, 0.1) is 12.7 Å². The van der Waals surface area contributed by atoms with Crippen LogP contribution in [0.2, 0.25) is 0 Å². The van der Waals surface area contributed by atoms with Crippen LogP contribution in [0.25, 0.3) is 0 Å². The number of benzene rings is 1. The van der Waals surface area contributed by atoms with E-state index < -0.39 is 0 Å². The first-order valence-electron chi connectivity index (χ1n) is 6.02. The van der Waals surface area contributed by atoms with Crippen molar-refractivity contribution in [3.05, 3.63) is 41.6 Å². The minimum atomic E-state index is 0.0195. The summed E-state index contributed by atoms with van der Waals surface area (Å²) < 4.78 is 6.97. The molecule has 7 nitrogen and oxygen atoms in total. The van der Waals surface area contributed by atoms with Gasteiger partial charge in [0, 0.05) is 25.9 Å². The van der Waals surface area contributed by atoms with E-state index in [2.05, 4.69) is 15.6 Å².